The van der Waals surface area contributed by atoms with E-state index in [1.807, 2.05) is 12.1 Å². The number of fused-ring (bicyclic) bond motifs is 1. The number of anilines is 1. The molecule has 0 bridgehead atoms. The van der Waals surface area contributed by atoms with Crippen LogP contribution in [0.4, 0.5) is 5.69 Å². The molecule has 4 nitrogen and oxygen atoms in total. The quantitative estimate of drug-likeness (QED) is 0.811. The van der Waals surface area contributed by atoms with E-state index in [1.54, 1.807) is 0 Å². The summed E-state index contributed by atoms with van der Waals surface area (Å²) in [7, 11) is -3.19. The Labute approximate surface area is 96.1 Å². The standard InChI is InChI=1S/C11H16N2O2S/c1-8-3-4-11(13-16(2,14)15)9-5-6-12-7-10(8)9/h3-4,12-13H,5-7H2,1-2H3. The second kappa shape index (κ2) is 4.07. The average molecular weight is 240 g/mol. The maximum Gasteiger partial charge on any atom is 0.229 e. The van der Waals surface area contributed by atoms with Crippen LogP contribution >= 0.6 is 0 Å². The molecule has 0 saturated carbocycles. The molecule has 2 N–H and O–H groups in total. The third kappa shape index (κ3) is 2.36. The molecule has 0 atom stereocenters. The average Bonchev–Trinajstić information content (AvgIpc) is 2.21. The van der Waals surface area contributed by atoms with Gasteiger partial charge in [-0.2, -0.15) is 0 Å². The van der Waals surface area contributed by atoms with Crippen LogP contribution < -0.4 is 10.0 Å². The Hall–Kier alpha value is -1.07. The van der Waals surface area contributed by atoms with Crippen LogP contribution in [0.1, 0.15) is 16.7 Å². The summed E-state index contributed by atoms with van der Waals surface area (Å²) >= 11 is 0. The molecule has 16 heavy (non-hydrogen) atoms. The van der Waals surface area contributed by atoms with E-state index in [9.17, 15) is 8.42 Å². The summed E-state index contributed by atoms with van der Waals surface area (Å²) in [5, 5.41) is 3.29. The lowest BCUT2D eigenvalue weighted by atomic mass is 9.95. The van der Waals surface area contributed by atoms with Crippen LogP contribution in [0.5, 0.6) is 0 Å². The van der Waals surface area contributed by atoms with Crippen molar-refractivity contribution >= 4 is 15.7 Å². The van der Waals surface area contributed by atoms with Gasteiger partial charge in [-0.25, -0.2) is 8.42 Å². The van der Waals surface area contributed by atoms with E-state index in [4.69, 9.17) is 0 Å². The van der Waals surface area contributed by atoms with Gasteiger partial charge in [0.15, 0.2) is 0 Å². The molecule has 0 aromatic heterocycles. The van der Waals surface area contributed by atoms with Gasteiger partial charge in [0.1, 0.15) is 0 Å². The normalized spacial score (nSPS) is 15.6. The van der Waals surface area contributed by atoms with E-state index >= 15 is 0 Å². The molecule has 0 fully saturated rings. The Morgan fingerprint density at radius 3 is 2.75 bits per heavy atom. The van der Waals surface area contributed by atoms with Crippen molar-refractivity contribution < 1.29 is 8.42 Å². The summed E-state index contributed by atoms with van der Waals surface area (Å²) < 4.78 is 25.1. The van der Waals surface area contributed by atoms with Gasteiger partial charge in [0.05, 0.1) is 11.9 Å². The van der Waals surface area contributed by atoms with Gasteiger partial charge in [-0.1, -0.05) is 6.07 Å². The van der Waals surface area contributed by atoms with Crippen molar-refractivity contribution in [1.82, 2.24) is 5.32 Å². The fraction of sp³-hybridized carbons (Fsp3) is 0.455. The lowest BCUT2D eigenvalue weighted by Crippen LogP contribution is -2.26. The lowest BCUT2D eigenvalue weighted by molar-refractivity contribution is 0.606. The zero-order valence-corrected chi connectivity index (χ0v) is 10.3. The molecule has 0 aliphatic carbocycles. The molecule has 1 aliphatic heterocycles. The number of sulfonamides is 1. The summed E-state index contributed by atoms with van der Waals surface area (Å²) in [5.74, 6) is 0. The van der Waals surface area contributed by atoms with E-state index in [2.05, 4.69) is 17.0 Å². The van der Waals surface area contributed by atoms with Crippen LogP contribution in [0.3, 0.4) is 0 Å². The van der Waals surface area contributed by atoms with E-state index in [-0.39, 0.29) is 0 Å². The van der Waals surface area contributed by atoms with Gasteiger partial charge < -0.3 is 5.32 Å². The molecule has 1 aromatic rings. The Balaban J connectivity index is 2.47. The van der Waals surface area contributed by atoms with Crippen molar-refractivity contribution in [2.24, 2.45) is 0 Å². The molecule has 2 rings (SSSR count). The smallest absolute Gasteiger partial charge is 0.229 e. The molecule has 1 aliphatic rings. The van der Waals surface area contributed by atoms with Gasteiger partial charge in [-0.05, 0) is 42.6 Å². The molecule has 88 valence electrons. The number of nitrogens with one attached hydrogen (secondary N) is 2. The van der Waals surface area contributed by atoms with Crippen LogP contribution in [0.2, 0.25) is 0 Å². The summed E-state index contributed by atoms with van der Waals surface area (Å²) in [6.45, 7) is 3.77. The van der Waals surface area contributed by atoms with Crippen molar-refractivity contribution in [3.8, 4) is 0 Å². The van der Waals surface area contributed by atoms with Crippen LogP contribution in [0.15, 0.2) is 12.1 Å². The number of hydrogen-bond donors (Lipinski definition) is 2. The van der Waals surface area contributed by atoms with Gasteiger partial charge in [0, 0.05) is 6.54 Å². The molecule has 0 amide bonds. The Morgan fingerprint density at radius 2 is 2.06 bits per heavy atom. The van der Waals surface area contributed by atoms with Crippen molar-refractivity contribution in [2.75, 3.05) is 17.5 Å². The fourth-order valence-corrected chi connectivity index (χ4v) is 2.65. The van der Waals surface area contributed by atoms with Gasteiger partial charge in [0.2, 0.25) is 10.0 Å². The van der Waals surface area contributed by atoms with Crippen LogP contribution in [0.25, 0.3) is 0 Å². The Bertz CT molecular complexity index is 509. The third-order valence-electron chi connectivity index (χ3n) is 2.81. The van der Waals surface area contributed by atoms with Gasteiger partial charge in [0.25, 0.3) is 0 Å². The maximum atomic E-state index is 11.2. The van der Waals surface area contributed by atoms with E-state index < -0.39 is 10.0 Å². The predicted octanol–water partition coefficient (Wildman–Crippen LogP) is 1.01. The molecule has 1 heterocycles. The topological polar surface area (TPSA) is 58.2 Å². The second-order valence-electron chi connectivity index (χ2n) is 4.19. The molecular weight excluding hydrogens is 224 g/mol. The fourth-order valence-electron chi connectivity index (χ4n) is 2.06. The largest absolute Gasteiger partial charge is 0.312 e. The minimum absolute atomic E-state index is 0.726. The third-order valence-corrected chi connectivity index (χ3v) is 3.41. The molecule has 0 saturated heterocycles. The highest BCUT2D eigenvalue weighted by atomic mass is 32.2. The van der Waals surface area contributed by atoms with Crippen LogP contribution in [0, 0.1) is 6.92 Å². The highest BCUT2D eigenvalue weighted by Crippen LogP contribution is 2.26. The molecule has 0 radical (unpaired) electrons. The van der Waals surface area contributed by atoms with Crippen molar-refractivity contribution in [2.45, 2.75) is 19.9 Å². The Kier molecular flexibility index (Phi) is 2.90. The first-order valence-corrected chi connectivity index (χ1v) is 7.16. The maximum absolute atomic E-state index is 11.2. The van der Waals surface area contributed by atoms with Gasteiger partial charge in [-0.3, -0.25) is 4.72 Å². The molecule has 0 unspecified atom stereocenters. The minimum Gasteiger partial charge on any atom is -0.312 e. The summed E-state index contributed by atoms with van der Waals surface area (Å²) in [4.78, 5) is 0. The zero-order valence-electron chi connectivity index (χ0n) is 9.50. The van der Waals surface area contributed by atoms with Crippen molar-refractivity contribution in [3.05, 3.63) is 28.8 Å². The molecule has 5 heteroatoms. The summed E-state index contributed by atoms with van der Waals surface area (Å²) in [6.07, 6.45) is 2.05. The predicted molar refractivity (Wildman–Crippen MR) is 65.1 cm³/mol. The first kappa shape index (κ1) is 11.4. The first-order chi connectivity index (χ1) is 7.47. The molecular formula is C11H16N2O2S. The van der Waals surface area contributed by atoms with Crippen molar-refractivity contribution in [3.63, 3.8) is 0 Å². The lowest BCUT2D eigenvalue weighted by Gasteiger charge is -2.22. The number of aryl methyl sites for hydroxylation is 1. The monoisotopic (exact) mass is 240 g/mol. The highest BCUT2D eigenvalue weighted by Gasteiger charge is 2.16. The SMILES string of the molecule is Cc1ccc(NS(C)(=O)=O)c2c1CNCC2. The number of rotatable bonds is 2. The second-order valence-corrected chi connectivity index (χ2v) is 5.94. The van der Waals surface area contributed by atoms with Gasteiger partial charge in [-0.15, -0.1) is 0 Å². The van der Waals surface area contributed by atoms with Crippen LogP contribution in [-0.4, -0.2) is 21.2 Å². The number of hydrogen-bond acceptors (Lipinski definition) is 3. The first-order valence-electron chi connectivity index (χ1n) is 5.27. The Morgan fingerprint density at radius 1 is 1.31 bits per heavy atom. The molecule has 1 aromatic carbocycles. The highest BCUT2D eigenvalue weighted by molar-refractivity contribution is 7.92. The van der Waals surface area contributed by atoms with E-state index in [0.717, 1.165) is 30.8 Å². The van der Waals surface area contributed by atoms with E-state index in [0.29, 0.717) is 0 Å². The van der Waals surface area contributed by atoms with Crippen LogP contribution in [-0.2, 0) is 23.0 Å². The zero-order chi connectivity index (χ0) is 11.8. The summed E-state index contributed by atoms with van der Waals surface area (Å²) in [6, 6.07) is 3.81. The minimum atomic E-state index is -3.19. The van der Waals surface area contributed by atoms with E-state index in [1.165, 1.54) is 17.4 Å². The number of benzene rings is 1. The summed E-state index contributed by atoms with van der Waals surface area (Å²) in [5.41, 5.74) is 4.29. The molecule has 0 spiro atoms. The van der Waals surface area contributed by atoms with Crippen molar-refractivity contribution in [1.29, 1.82) is 0 Å². The van der Waals surface area contributed by atoms with Gasteiger partial charge >= 0.3 is 0 Å².